The molecule has 0 aromatic rings. The van der Waals surface area contributed by atoms with Crippen LogP contribution in [0.1, 0.15) is 65.2 Å². The van der Waals surface area contributed by atoms with Crippen LogP contribution in [0.2, 0.25) is 0 Å². The van der Waals surface area contributed by atoms with Crippen LogP contribution in [0, 0.1) is 11.8 Å². The van der Waals surface area contributed by atoms with Crippen molar-refractivity contribution in [2.24, 2.45) is 11.8 Å². The van der Waals surface area contributed by atoms with Crippen molar-refractivity contribution in [3.63, 3.8) is 0 Å². The number of rotatable bonds is 5. The average Bonchev–Trinajstić information content (AvgIpc) is 2.85. The molecule has 0 bridgehead atoms. The lowest BCUT2D eigenvalue weighted by Gasteiger charge is -2.24. The van der Waals surface area contributed by atoms with E-state index in [-0.39, 0.29) is 35.6 Å². The molecule has 7 nitrogen and oxygen atoms in total. The maximum absolute atomic E-state index is 12.6. The van der Waals surface area contributed by atoms with Crippen LogP contribution in [0.5, 0.6) is 0 Å². The number of imide groups is 1. The standard InChI is InChI=1S/C21H30N2O5/c1-13(23-19(25)16-11-7-8-12-17(16)20(23)26)21(27)28-14(2)18(24)22-15-9-5-3-4-6-10-15/h7-8,13-17H,3-6,9-12H2,1-2H3,(H,22,24)/t13-,14-,16-,17+/m0/s1. The zero-order chi connectivity index (χ0) is 20.3. The lowest BCUT2D eigenvalue weighted by molar-refractivity contribution is -0.164. The van der Waals surface area contributed by atoms with Crippen LogP contribution >= 0.6 is 0 Å². The maximum atomic E-state index is 12.6. The van der Waals surface area contributed by atoms with E-state index in [4.69, 9.17) is 4.74 Å². The molecule has 2 fully saturated rings. The molecule has 154 valence electrons. The Morgan fingerprint density at radius 3 is 2.07 bits per heavy atom. The highest BCUT2D eigenvalue weighted by molar-refractivity contribution is 6.08. The third-order valence-electron chi connectivity index (χ3n) is 6.13. The van der Waals surface area contributed by atoms with Crippen molar-refractivity contribution in [1.29, 1.82) is 0 Å². The van der Waals surface area contributed by atoms with Gasteiger partial charge in [-0.3, -0.25) is 19.3 Å². The van der Waals surface area contributed by atoms with E-state index in [0.29, 0.717) is 12.8 Å². The van der Waals surface area contributed by atoms with Crippen molar-refractivity contribution in [3.05, 3.63) is 12.2 Å². The number of allylic oxidation sites excluding steroid dienone is 2. The minimum atomic E-state index is -1.03. The highest BCUT2D eigenvalue weighted by atomic mass is 16.5. The van der Waals surface area contributed by atoms with Crippen molar-refractivity contribution >= 4 is 23.7 Å². The summed E-state index contributed by atoms with van der Waals surface area (Å²) in [6.45, 7) is 3.01. The second-order valence-corrected chi connectivity index (χ2v) is 8.15. The molecule has 3 aliphatic rings. The van der Waals surface area contributed by atoms with E-state index in [1.54, 1.807) is 0 Å². The molecule has 28 heavy (non-hydrogen) atoms. The first kappa shape index (κ1) is 20.6. The van der Waals surface area contributed by atoms with Gasteiger partial charge in [0.05, 0.1) is 11.8 Å². The molecule has 1 saturated carbocycles. The van der Waals surface area contributed by atoms with E-state index in [0.717, 1.165) is 30.6 Å². The molecule has 0 aromatic carbocycles. The molecule has 4 atom stereocenters. The number of nitrogens with zero attached hydrogens (tertiary/aromatic N) is 1. The summed E-state index contributed by atoms with van der Waals surface area (Å²) in [7, 11) is 0. The molecule has 0 unspecified atom stereocenters. The van der Waals surface area contributed by atoms with Crippen molar-refractivity contribution in [1.82, 2.24) is 10.2 Å². The lowest BCUT2D eigenvalue weighted by atomic mass is 9.85. The molecule has 2 aliphatic carbocycles. The quantitative estimate of drug-likeness (QED) is 0.336. The Balaban J connectivity index is 1.55. The van der Waals surface area contributed by atoms with Gasteiger partial charge in [0.2, 0.25) is 11.8 Å². The largest absolute Gasteiger partial charge is 0.451 e. The van der Waals surface area contributed by atoms with E-state index >= 15 is 0 Å². The fourth-order valence-electron chi connectivity index (χ4n) is 4.38. The molecule has 3 amide bonds. The zero-order valence-electron chi connectivity index (χ0n) is 16.7. The second-order valence-electron chi connectivity index (χ2n) is 8.15. The van der Waals surface area contributed by atoms with Crippen molar-refractivity contribution in [2.75, 3.05) is 0 Å². The Labute approximate surface area is 165 Å². The van der Waals surface area contributed by atoms with Gasteiger partial charge in [0.15, 0.2) is 6.10 Å². The molecular formula is C21H30N2O5. The molecule has 0 aromatic heterocycles. The fourth-order valence-corrected chi connectivity index (χ4v) is 4.38. The van der Waals surface area contributed by atoms with Crippen LogP contribution in [0.25, 0.3) is 0 Å². The molecule has 1 saturated heterocycles. The summed E-state index contributed by atoms with van der Waals surface area (Å²) in [5.41, 5.74) is 0. The van der Waals surface area contributed by atoms with Gasteiger partial charge in [0.25, 0.3) is 5.91 Å². The average molecular weight is 390 g/mol. The van der Waals surface area contributed by atoms with Gasteiger partial charge in [-0.05, 0) is 39.5 Å². The normalized spacial score (nSPS) is 27.7. The fraction of sp³-hybridized carbons (Fsp3) is 0.714. The predicted octanol–water partition coefficient (Wildman–Crippen LogP) is 2.10. The van der Waals surface area contributed by atoms with Gasteiger partial charge in [-0.15, -0.1) is 0 Å². The minimum Gasteiger partial charge on any atom is -0.451 e. The van der Waals surface area contributed by atoms with Gasteiger partial charge in [-0.1, -0.05) is 37.8 Å². The molecular weight excluding hydrogens is 360 g/mol. The summed E-state index contributed by atoms with van der Waals surface area (Å²) in [6, 6.07) is -0.912. The Kier molecular flexibility index (Phi) is 6.52. The van der Waals surface area contributed by atoms with Crippen LogP contribution in [0.3, 0.4) is 0 Å². The summed E-state index contributed by atoms with van der Waals surface area (Å²) >= 11 is 0. The summed E-state index contributed by atoms with van der Waals surface area (Å²) < 4.78 is 5.30. The van der Waals surface area contributed by atoms with Crippen molar-refractivity contribution in [3.8, 4) is 0 Å². The topological polar surface area (TPSA) is 92.8 Å². The molecule has 3 rings (SSSR count). The smallest absolute Gasteiger partial charge is 0.329 e. The molecule has 1 aliphatic heterocycles. The number of esters is 1. The summed E-state index contributed by atoms with van der Waals surface area (Å²) in [4.78, 5) is 51.1. The molecule has 0 radical (unpaired) electrons. The van der Waals surface area contributed by atoms with Gasteiger partial charge >= 0.3 is 5.97 Å². The van der Waals surface area contributed by atoms with E-state index in [9.17, 15) is 19.2 Å². The highest BCUT2D eigenvalue weighted by Crippen LogP contribution is 2.36. The van der Waals surface area contributed by atoms with Gasteiger partial charge in [0, 0.05) is 6.04 Å². The number of hydrogen-bond donors (Lipinski definition) is 1. The van der Waals surface area contributed by atoms with Crippen LogP contribution < -0.4 is 5.32 Å². The SMILES string of the molecule is C[C@H](OC(=O)[C@H](C)N1C(=O)[C@H]2CC=CC[C@H]2C1=O)C(=O)NC1CCCCCC1. The predicted molar refractivity (Wildman–Crippen MR) is 102 cm³/mol. The number of nitrogens with one attached hydrogen (secondary N) is 1. The number of likely N-dealkylation sites (tertiary alicyclic amines) is 1. The minimum absolute atomic E-state index is 0.117. The molecule has 1 N–H and O–H groups in total. The van der Waals surface area contributed by atoms with Crippen LogP contribution in [-0.2, 0) is 23.9 Å². The van der Waals surface area contributed by atoms with Crippen LogP contribution in [0.15, 0.2) is 12.2 Å². The van der Waals surface area contributed by atoms with Crippen molar-refractivity contribution < 1.29 is 23.9 Å². The maximum Gasteiger partial charge on any atom is 0.329 e. The lowest BCUT2D eigenvalue weighted by Crippen LogP contribution is -2.47. The summed E-state index contributed by atoms with van der Waals surface area (Å²) in [5.74, 6) is -2.47. The second kappa shape index (κ2) is 8.88. The molecule has 1 heterocycles. The number of carbonyl (C=O) groups is 4. The molecule has 0 spiro atoms. The van der Waals surface area contributed by atoms with Crippen molar-refractivity contribution in [2.45, 2.75) is 83.4 Å². The first-order valence-corrected chi connectivity index (χ1v) is 10.4. The monoisotopic (exact) mass is 390 g/mol. The number of fused-ring (bicyclic) bond motifs is 1. The van der Waals surface area contributed by atoms with Gasteiger partial charge in [-0.2, -0.15) is 0 Å². The number of hydrogen-bond acceptors (Lipinski definition) is 5. The summed E-state index contributed by atoms with van der Waals surface area (Å²) in [6.07, 6.45) is 10.3. The Morgan fingerprint density at radius 2 is 1.54 bits per heavy atom. The first-order chi connectivity index (χ1) is 13.4. The first-order valence-electron chi connectivity index (χ1n) is 10.4. The van der Waals surface area contributed by atoms with Crippen LogP contribution in [0.4, 0.5) is 0 Å². The van der Waals surface area contributed by atoms with Gasteiger partial charge in [0.1, 0.15) is 6.04 Å². The van der Waals surface area contributed by atoms with Gasteiger partial charge in [-0.25, -0.2) is 4.79 Å². The van der Waals surface area contributed by atoms with E-state index in [1.807, 2.05) is 12.2 Å². The third kappa shape index (κ3) is 4.28. The number of carbonyl (C=O) groups excluding carboxylic acids is 4. The third-order valence-corrected chi connectivity index (χ3v) is 6.13. The van der Waals surface area contributed by atoms with Crippen LogP contribution in [-0.4, -0.2) is 46.8 Å². The van der Waals surface area contributed by atoms with E-state index in [2.05, 4.69) is 5.32 Å². The molecule has 7 heteroatoms. The zero-order valence-corrected chi connectivity index (χ0v) is 16.7. The Hall–Kier alpha value is -2.18. The number of ether oxygens (including phenoxy) is 1. The summed E-state index contributed by atoms with van der Waals surface area (Å²) in [5, 5.41) is 2.96. The van der Waals surface area contributed by atoms with E-state index in [1.165, 1.54) is 26.7 Å². The number of amides is 3. The Morgan fingerprint density at radius 1 is 1.00 bits per heavy atom. The highest BCUT2D eigenvalue weighted by Gasteiger charge is 2.50. The Bertz CT molecular complexity index is 640. The van der Waals surface area contributed by atoms with E-state index < -0.39 is 18.1 Å². The van der Waals surface area contributed by atoms with Gasteiger partial charge < -0.3 is 10.1 Å².